The van der Waals surface area contributed by atoms with Gasteiger partial charge in [-0.15, -0.1) is 0 Å². The highest BCUT2D eigenvalue weighted by Gasteiger charge is 2.22. The quantitative estimate of drug-likeness (QED) is 0.759. The van der Waals surface area contributed by atoms with Crippen molar-refractivity contribution in [2.75, 3.05) is 51.3 Å². The maximum atomic E-state index is 13.6. The summed E-state index contributed by atoms with van der Waals surface area (Å²) in [6.07, 6.45) is 0.571. The number of carbonyl (C=O) groups is 1. The molecule has 5 nitrogen and oxygen atoms in total. The molecule has 0 unspecified atom stereocenters. The molecule has 1 amide bonds. The van der Waals surface area contributed by atoms with Gasteiger partial charge in [0.25, 0.3) is 0 Å². The van der Waals surface area contributed by atoms with Crippen LogP contribution in [0.25, 0.3) is 0 Å². The van der Waals surface area contributed by atoms with Crippen LogP contribution in [0.3, 0.4) is 0 Å². The molecule has 2 aromatic rings. The summed E-state index contributed by atoms with van der Waals surface area (Å²) < 4.78 is 19.0. The summed E-state index contributed by atoms with van der Waals surface area (Å²) in [4.78, 5) is 16.5. The van der Waals surface area contributed by atoms with Gasteiger partial charge in [0.15, 0.2) is 0 Å². The minimum absolute atomic E-state index is 0.0863. The molecule has 2 aromatic carbocycles. The van der Waals surface area contributed by atoms with E-state index >= 15 is 0 Å². The van der Waals surface area contributed by atoms with Crippen molar-refractivity contribution in [3.63, 3.8) is 0 Å². The van der Waals surface area contributed by atoms with Crippen molar-refractivity contribution in [1.82, 2.24) is 10.2 Å². The van der Waals surface area contributed by atoms with Gasteiger partial charge in [0, 0.05) is 26.2 Å². The maximum Gasteiger partial charge on any atom is 0.236 e. The second kappa shape index (κ2) is 9.37. The Morgan fingerprint density at radius 3 is 2.52 bits per heavy atom. The van der Waals surface area contributed by atoms with Crippen LogP contribution in [0.15, 0.2) is 48.5 Å². The third-order valence-corrected chi connectivity index (χ3v) is 4.86. The summed E-state index contributed by atoms with van der Waals surface area (Å²) in [5.41, 5.74) is 1.73. The van der Waals surface area contributed by atoms with Crippen molar-refractivity contribution < 1.29 is 13.9 Å². The second-order valence-electron chi connectivity index (χ2n) is 6.56. The molecule has 0 spiro atoms. The Morgan fingerprint density at radius 1 is 1.07 bits per heavy atom. The molecule has 1 aliphatic rings. The number of ether oxygens (including phenoxy) is 1. The van der Waals surface area contributed by atoms with E-state index in [2.05, 4.69) is 10.2 Å². The monoisotopic (exact) mass is 371 g/mol. The molecule has 0 atom stereocenters. The molecule has 1 fully saturated rings. The van der Waals surface area contributed by atoms with Crippen LogP contribution in [0, 0.1) is 5.82 Å². The Morgan fingerprint density at radius 2 is 1.78 bits per heavy atom. The molecule has 3 rings (SSSR count). The number of amides is 1. The molecule has 6 heteroatoms. The van der Waals surface area contributed by atoms with Crippen molar-refractivity contribution in [1.29, 1.82) is 0 Å². The molecule has 0 bridgehead atoms. The number of anilines is 1. The van der Waals surface area contributed by atoms with E-state index in [4.69, 9.17) is 4.74 Å². The van der Waals surface area contributed by atoms with E-state index in [1.165, 1.54) is 6.07 Å². The van der Waals surface area contributed by atoms with Gasteiger partial charge >= 0.3 is 0 Å². The van der Waals surface area contributed by atoms with E-state index in [-0.39, 0.29) is 18.3 Å². The summed E-state index contributed by atoms with van der Waals surface area (Å²) in [7, 11) is 1.67. The molecule has 0 radical (unpaired) electrons. The Balaban J connectivity index is 1.41. The highest BCUT2D eigenvalue weighted by Crippen LogP contribution is 2.28. The fraction of sp³-hybridized carbons (Fsp3) is 0.381. The number of para-hydroxylation sites is 2. The molecule has 1 aliphatic heterocycles. The predicted molar refractivity (Wildman–Crippen MR) is 105 cm³/mol. The number of piperazine rings is 1. The molecule has 1 saturated heterocycles. The van der Waals surface area contributed by atoms with Gasteiger partial charge in [-0.25, -0.2) is 4.39 Å². The number of rotatable bonds is 7. The molecular weight excluding hydrogens is 345 g/mol. The van der Waals surface area contributed by atoms with Crippen LogP contribution < -0.4 is 15.0 Å². The van der Waals surface area contributed by atoms with Crippen LogP contribution in [-0.4, -0.2) is 57.2 Å². The molecular formula is C21H26FN3O2. The van der Waals surface area contributed by atoms with Crippen molar-refractivity contribution in [3.05, 3.63) is 59.9 Å². The van der Waals surface area contributed by atoms with E-state index < -0.39 is 0 Å². The lowest BCUT2D eigenvalue weighted by molar-refractivity contribution is -0.130. The van der Waals surface area contributed by atoms with Crippen molar-refractivity contribution >= 4 is 11.6 Å². The molecule has 1 heterocycles. The van der Waals surface area contributed by atoms with E-state index in [1.807, 2.05) is 35.2 Å². The number of carbonyl (C=O) groups excluding carboxylic acids is 1. The Bertz CT molecular complexity index is 761. The van der Waals surface area contributed by atoms with Crippen LogP contribution in [0.4, 0.5) is 10.1 Å². The second-order valence-corrected chi connectivity index (χ2v) is 6.56. The lowest BCUT2D eigenvalue weighted by atomic mass is 10.1. The number of halogens is 1. The normalized spacial score (nSPS) is 14.3. The van der Waals surface area contributed by atoms with Gasteiger partial charge in [-0.3, -0.25) is 4.79 Å². The molecule has 0 saturated carbocycles. The number of benzene rings is 2. The lowest BCUT2D eigenvalue weighted by Crippen LogP contribution is -2.51. The summed E-state index contributed by atoms with van der Waals surface area (Å²) in [5.74, 6) is 0.744. The van der Waals surface area contributed by atoms with Gasteiger partial charge < -0.3 is 19.9 Å². The first-order valence-electron chi connectivity index (χ1n) is 9.29. The SMILES string of the molecule is COc1ccccc1N1CCN(C(=O)CNCCc2ccccc2F)CC1. The Kier molecular flexibility index (Phi) is 6.65. The van der Waals surface area contributed by atoms with E-state index in [0.717, 1.165) is 24.5 Å². The average Bonchev–Trinajstić information content (AvgIpc) is 2.72. The summed E-state index contributed by atoms with van der Waals surface area (Å²) in [5, 5.41) is 3.13. The minimum atomic E-state index is -0.196. The van der Waals surface area contributed by atoms with Gasteiger partial charge in [-0.1, -0.05) is 30.3 Å². The molecule has 27 heavy (non-hydrogen) atoms. The van der Waals surface area contributed by atoms with E-state index in [9.17, 15) is 9.18 Å². The first kappa shape index (κ1) is 19.2. The number of nitrogens with zero attached hydrogens (tertiary/aromatic N) is 2. The van der Waals surface area contributed by atoms with E-state index in [1.54, 1.807) is 19.2 Å². The molecule has 1 N–H and O–H groups in total. The standard InChI is InChI=1S/C21H26FN3O2/c1-27-20-9-5-4-8-19(20)24-12-14-25(15-13-24)21(26)16-23-11-10-17-6-2-3-7-18(17)22/h2-9,23H,10-16H2,1H3. The number of hydrogen-bond acceptors (Lipinski definition) is 4. The zero-order chi connectivity index (χ0) is 19.1. The first-order valence-corrected chi connectivity index (χ1v) is 9.29. The molecule has 0 aromatic heterocycles. The smallest absolute Gasteiger partial charge is 0.236 e. The summed E-state index contributed by atoms with van der Waals surface area (Å²) in [6.45, 7) is 3.79. The number of methoxy groups -OCH3 is 1. The number of hydrogen-bond donors (Lipinski definition) is 1. The van der Waals surface area contributed by atoms with Crippen LogP contribution in [0.5, 0.6) is 5.75 Å². The lowest BCUT2D eigenvalue weighted by Gasteiger charge is -2.36. The third kappa shape index (κ3) is 4.98. The third-order valence-electron chi connectivity index (χ3n) is 4.86. The van der Waals surface area contributed by atoms with Gasteiger partial charge in [0.1, 0.15) is 11.6 Å². The zero-order valence-corrected chi connectivity index (χ0v) is 15.7. The minimum Gasteiger partial charge on any atom is -0.495 e. The Hall–Kier alpha value is -2.60. The van der Waals surface area contributed by atoms with E-state index in [0.29, 0.717) is 31.6 Å². The summed E-state index contributed by atoms with van der Waals surface area (Å²) >= 11 is 0. The zero-order valence-electron chi connectivity index (χ0n) is 15.7. The molecule has 144 valence electrons. The van der Waals surface area contributed by atoms with Gasteiger partial charge in [-0.2, -0.15) is 0 Å². The van der Waals surface area contributed by atoms with Crippen molar-refractivity contribution in [2.24, 2.45) is 0 Å². The Labute approximate surface area is 159 Å². The number of nitrogens with one attached hydrogen (secondary N) is 1. The molecule has 0 aliphatic carbocycles. The first-order chi connectivity index (χ1) is 13.2. The maximum absolute atomic E-state index is 13.6. The van der Waals surface area contributed by atoms with Crippen LogP contribution >= 0.6 is 0 Å². The van der Waals surface area contributed by atoms with Gasteiger partial charge in [0.05, 0.1) is 19.3 Å². The van der Waals surface area contributed by atoms with Gasteiger partial charge in [0.2, 0.25) is 5.91 Å². The largest absolute Gasteiger partial charge is 0.495 e. The van der Waals surface area contributed by atoms with Crippen LogP contribution in [0.2, 0.25) is 0 Å². The predicted octanol–water partition coefficient (Wildman–Crippen LogP) is 2.32. The van der Waals surface area contributed by atoms with Crippen LogP contribution in [0.1, 0.15) is 5.56 Å². The highest BCUT2D eigenvalue weighted by atomic mass is 19.1. The topological polar surface area (TPSA) is 44.8 Å². The van der Waals surface area contributed by atoms with Crippen molar-refractivity contribution in [3.8, 4) is 5.75 Å². The fourth-order valence-corrected chi connectivity index (χ4v) is 3.32. The van der Waals surface area contributed by atoms with Crippen LogP contribution in [-0.2, 0) is 11.2 Å². The average molecular weight is 371 g/mol. The fourth-order valence-electron chi connectivity index (χ4n) is 3.32. The summed E-state index contributed by atoms with van der Waals surface area (Å²) in [6, 6.07) is 14.7. The highest BCUT2D eigenvalue weighted by molar-refractivity contribution is 5.78. The van der Waals surface area contributed by atoms with Gasteiger partial charge in [-0.05, 0) is 36.7 Å². The van der Waals surface area contributed by atoms with Crippen molar-refractivity contribution in [2.45, 2.75) is 6.42 Å².